The number of benzene rings is 2. The third-order valence-corrected chi connectivity index (χ3v) is 4.97. The standard InChI is InChI=1S/C18H19BrN2O2/c19-15-9-8-14-16-12(15)6-5-7-13(16)17(22)21(18(14)23)11-4-2-1-3-10-20/h5-9H,1-4,10-11,20H2. The molecule has 0 aromatic heterocycles. The van der Waals surface area contributed by atoms with Crippen LogP contribution in [0.1, 0.15) is 46.4 Å². The molecule has 2 aromatic carbocycles. The average Bonchev–Trinajstić information content (AvgIpc) is 2.56. The molecular weight excluding hydrogens is 356 g/mol. The van der Waals surface area contributed by atoms with Gasteiger partial charge in [-0.15, -0.1) is 0 Å². The highest BCUT2D eigenvalue weighted by molar-refractivity contribution is 9.10. The maximum absolute atomic E-state index is 12.7. The van der Waals surface area contributed by atoms with Gasteiger partial charge in [0.1, 0.15) is 0 Å². The second-order valence-corrected chi connectivity index (χ2v) is 6.64. The van der Waals surface area contributed by atoms with E-state index in [0.717, 1.165) is 40.9 Å². The third-order valence-electron chi connectivity index (χ3n) is 4.27. The second kappa shape index (κ2) is 6.81. The number of unbranched alkanes of at least 4 members (excludes halogenated alkanes) is 3. The Kier molecular flexibility index (Phi) is 4.78. The van der Waals surface area contributed by atoms with Crippen molar-refractivity contribution < 1.29 is 9.59 Å². The first kappa shape index (κ1) is 16.1. The van der Waals surface area contributed by atoms with Crippen LogP contribution in [0.5, 0.6) is 0 Å². The predicted molar refractivity (Wildman–Crippen MR) is 94.5 cm³/mol. The quantitative estimate of drug-likeness (QED) is 0.618. The summed E-state index contributed by atoms with van der Waals surface area (Å²) in [5.41, 5.74) is 6.71. The molecule has 0 fully saturated rings. The molecule has 120 valence electrons. The minimum atomic E-state index is -0.190. The zero-order valence-electron chi connectivity index (χ0n) is 12.8. The molecule has 0 unspecified atom stereocenters. The van der Waals surface area contributed by atoms with Gasteiger partial charge >= 0.3 is 0 Å². The average molecular weight is 375 g/mol. The van der Waals surface area contributed by atoms with Gasteiger partial charge in [0, 0.05) is 27.5 Å². The highest BCUT2D eigenvalue weighted by Crippen LogP contribution is 2.34. The van der Waals surface area contributed by atoms with Crippen LogP contribution >= 0.6 is 15.9 Å². The first-order valence-electron chi connectivity index (χ1n) is 7.92. The number of rotatable bonds is 6. The van der Waals surface area contributed by atoms with E-state index in [0.29, 0.717) is 24.2 Å². The largest absolute Gasteiger partial charge is 0.330 e. The van der Waals surface area contributed by atoms with E-state index in [4.69, 9.17) is 5.73 Å². The molecule has 5 heteroatoms. The Morgan fingerprint density at radius 1 is 0.913 bits per heavy atom. The number of hydrogen-bond donors (Lipinski definition) is 1. The maximum Gasteiger partial charge on any atom is 0.261 e. The number of carbonyl (C=O) groups is 2. The van der Waals surface area contributed by atoms with E-state index < -0.39 is 0 Å². The lowest BCUT2D eigenvalue weighted by molar-refractivity contribution is 0.0608. The molecule has 1 aliphatic heterocycles. The Labute approximate surface area is 143 Å². The number of nitrogens with zero attached hydrogens (tertiary/aromatic N) is 1. The summed E-state index contributed by atoms with van der Waals surface area (Å²) in [6.45, 7) is 1.15. The molecule has 2 aromatic rings. The first-order chi connectivity index (χ1) is 11.1. The van der Waals surface area contributed by atoms with E-state index >= 15 is 0 Å². The number of carbonyl (C=O) groups excluding carboxylic acids is 2. The van der Waals surface area contributed by atoms with Crippen LogP contribution in [0.3, 0.4) is 0 Å². The van der Waals surface area contributed by atoms with E-state index in [1.807, 2.05) is 18.2 Å². The monoisotopic (exact) mass is 374 g/mol. The molecule has 3 rings (SSSR count). The third kappa shape index (κ3) is 2.91. The van der Waals surface area contributed by atoms with E-state index in [-0.39, 0.29) is 11.8 Å². The van der Waals surface area contributed by atoms with Gasteiger partial charge in [0.25, 0.3) is 11.8 Å². The SMILES string of the molecule is NCCCCCCN1C(=O)c2cccc3c(Br)ccc(c23)C1=O. The zero-order valence-corrected chi connectivity index (χ0v) is 14.4. The Morgan fingerprint density at radius 2 is 1.61 bits per heavy atom. The van der Waals surface area contributed by atoms with Gasteiger partial charge in [0.05, 0.1) is 0 Å². The molecule has 1 heterocycles. The lowest BCUT2D eigenvalue weighted by Crippen LogP contribution is -2.40. The molecule has 0 saturated heterocycles. The van der Waals surface area contributed by atoms with E-state index in [1.165, 1.54) is 4.90 Å². The minimum absolute atomic E-state index is 0.190. The van der Waals surface area contributed by atoms with Crippen LogP contribution in [0, 0.1) is 0 Å². The van der Waals surface area contributed by atoms with Crippen molar-refractivity contribution in [3.05, 3.63) is 45.9 Å². The van der Waals surface area contributed by atoms with Gasteiger partial charge in [-0.3, -0.25) is 14.5 Å². The zero-order chi connectivity index (χ0) is 16.4. The maximum atomic E-state index is 12.7. The second-order valence-electron chi connectivity index (χ2n) is 5.79. The van der Waals surface area contributed by atoms with Gasteiger partial charge in [-0.1, -0.05) is 40.9 Å². The first-order valence-corrected chi connectivity index (χ1v) is 8.72. The van der Waals surface area contributed by atoms with Crippen LogP contribution in [0.15, 0.2) is 34.8 Å². The van der Waals surface area contributed by atoms with Gasteiger partial charge in [-0.2, -0.15) is 0 Å². The molecule has 0 bridgehead atoms. The molecule has 23 heavy (non-hydrogen) atoms. The lowest BCUT2D eigenvalue weighted by atomic mass is 9.94. The smallest absolute Gasteiger partial charge is 0.261 e. The van der Waals surface area contributed by atoms with E-state index in [9.17, 15) is 9.59 Å². The van der Waals surface area contributed by atoms with Crippen LogP contribution in [0.2, 0.25) is 0 Å². The van der Waals surface area contributed by atoms with Gasteiger partial charge in [0.2, 0.25) is 0 Å². The van der Waals surface area contributed by atoms with Crippen molar-refractivity contribution in [2.24, 2.45) is 5.73 Å². The van der Waals surface area contributed by atoms with Gasteiger partial charge in [0.15, 0.2) is 0 Å². The summed E-state index contributed by atoms with van der Waals surface area (Å²) >= 11 is 3.49. The summed E-state index contributed by atoms with van der Waals surface area (Å²) in [4.78, 5) is 26.8. The van der Waals surface area contributed by atoms with Crippen molar-refractivity contribution in [3.8, 4) is 0 Å². The number of amides is 2. The van der Waals surface area contributed by atoms with E-state index in [1.54, 1.807) is 12.1 Å². The summed E-state index contributed by atoms with van der Waals surface area (Å²) in [7, 11) is 0. The lowest BCUT2D eigenvalue weighted by Gasteiger charge is -2.27. The fourth-order valence-electron chi connectivity index (χ4n) is 3.08. The molecule has 0 atom stereocenters. The number of nitrogens with two attached hydrogens (primary N) is 1. The summed E-state index contributed by atoms with van der Waals surface area (Å²) in [6, 6.07) is 9.25. The minimum Gasteiger partial charge on any atom is -0.330 e. The molecule has 0 radical (unpaired) electrons. The van der Waals surface area contributed by atoms with Crippen LogP contribution in [-0.4, -0.2) is 29.8 Å². The summed E-state index contributed by atoms with van der Waals surface area (Å²) in [5.74, 6) is -0.380. The van der Waals surface area contributed by atoms with Crippen LogP contribution in [0.4, 0.5) is 0 Å². The topological polar surface area (TPSA) is 63.4 Å². The summed E-state index contributed by atoms with van der Waals surface area (Å²) in [6.07, 6.45) is 3.81. The fraction of sp³-hybridized carbons (Fsp3) is 0.333. The van der Waals surface area contributed by atoms with Crippen molar-refractivity contribution in [1.29, 1.82) is 0 Å². The highest BCUT2D eigenvalue weighted by atomic mass is 79.9. The Hall–Kier alpha value is -1.72. The summed E-state index contributed by atoms with van der Waals surface area (Å²) < 4.78 is 0.897. The number of imide groups is 1. The fourth-order valence-corrected chi connectivity index (χ4v) is 3.54. The van der Waals surface area contributed by atoms with Crippen LogP contribution < -0.4 is 5.73 Å². The summed E-state index contributed by atoms with van der Waals surface area (Å²) in [5, 5.41) is 1.67. The van der Waals surface area contributed by atoms with Gasteiger partial charge < -0.3 is 5.73 Å². The number of halogens is 1. The van der Waals surface area contributed by atoms with Gasteiger partial charge in [-0.05, 0) is 43.0 Å². The molecule has 0 aliphatic carbocycles. The molecule has 2 amide bonds. The normalized spacial score (nSPS) is 13.9. The molecule has 2 N–H and O–H groups in total. The van der Waals surface area contributed by atoms with Crippen molar-refractivity contribution in [2.75, 3.05) is 13.1 Å². The van der Waals surface area contributed by atoms with Gasteiger partial charge in [-0.25, -0.2) is 0 Å². The Bertz CT molecular complexity index is 751. The Balaban J connectivity index is 1.89. The molecule has 1 aliphatic rings. The molecule has 4 nitrogen and oxygen atoms in total. The van der Waals surface area contributed by atoms with Crippen LogP contribution in [0.25, 0.3) is 10.8 Å². The molecule has 0 saturated carbocycles. The van der Waals surface area contributed by atoms with E-state index in [2.05, 4.69) is 15.9 Å². The van der Waals surface area contributed by atoms with Crippen molar-refractivity contribution in [1.82, 2.24) is 4.90 Å². The van der Waals surface area contributed by atoms with Crippen molar-refractivity contribution in [3.63, 3.8) is 0 Å². The highest BCUT2D eigenvalue weighted by Gasteiger charge is 2.32. The van der Waals surface area contributed by atoms with Crippen molar-refractivity contribution >= 4 is 38.5 Å². The van der Waals surface area contributed by atoms with Crippen molar-refractivity contribution in [2.45, 2.75) is 25.7 Å². The Morgan fingerprint density at radius 3 is 2.35 bits per heavy atom. The number of hydrogen-bond acceptors (Lipinski definition) is 3. The van der Waals surface area contributed by atoms with Crippen LogP contribution in [-0.2, 0) is 0 Å². The molecule has 0 spiro atoms. The molecular formula is C18H19BrN2O2. The predicted octanol–water partition coefficient (Wildman–Crippen LogP) is 3.72.